The van der Waals surface area contributed by atoms with Crippen molar-refractivity contribution in [3.8, 4) is 0 Å². The number of carbonyl (C=O) groups is 1. The molecule has 0 spiro atoms. The van der Waals surface area contributed by atoms with Gasteiger partial charge in [-0.25, -0.2) is 4.39 Å². The quantitative estimate of drug-likeness (QED) is 0.679. The minimum absolute atomic E-state index is 0.00746. The average Bonchev–Trinajstić information content (AvgIpc) is 2.62. The second-order valence-corrected chi connectivity index (χ2v) is 6.11. The standard InChI is InChI=1S/C11H4BrCl2FOS/c12-6-4-9(17-11(6)14)10(16)5-1-2-7(13)8(15)3-5/h1-4H. The van der Waals surface area contributed by atoms with Crippen molar-refractivity contribution in [2.24, 2.45) is 0 Å². The van der Waals surface area contributed by atoms with Gasteiger partial charge < -0.3 is 0 Å². The minimum atomic E-state index is -0.612. The van der Waals surface area contributed by atoms with Crippen LogP contribution in [-0.2, 0) is 0 Å². The third-order valence-electron chi connectivity index (χ3n) is 2.05. The zero-order valence-electron chi connectivity index (χ0n) is 8.14. The van der Waals surface area contributed by atoms with Crippen LogP contribution in [0.15, 0.2) is 28.7 Å². The molecule has 0 unspecified atom stereocenters. The number of hydrogen-bond donors (Lipinski definition) is 0. The Morgan fingerprint density at radius 1 is 1.29 bits per heavy atom. The van der Waals surface area contributed by atoms with Gasteiger partial charge in [-0.3, -0.25) is 4.79 Å². The summed E-state index contributed by atoms with van der Waals surface area (Å²) in [6.45, 7) is 0. The molecule has 0 aliphatic carbocycles. The molecule has 2 aromatic rings. The average molecular weight is 354 g/mol. The fraction of sp³-hybridized carbons (Fsp3) is 0. The molecule has 0 bridgehead atoms. The highest BCUT2D eigenvalue weighted by atomic mass is 79.9. The third kappa shape index (κ3) is 2.71. The Morgan fingerprint density at radius 3 is 2.53 bits per heavy atom. The fourth-order valence-corrected chi connectivity index (χ4v) is 3.02. The van der Waals surface area contributed by atoms with Crippen LogP contribution in [-0.4, -0.2) is 5.78 Å². The molecule has 0 amide bonds. The number of thiophene rings is 1. The van der Waals surface area contributed by atoms with E-state index in [1.807, 2.05) is 0 Å². The molecule has 88 valence electrons. The molecule has 1 nitrogen and oxygen atoms in total. The summed E-state index contributed by atoms with van der Waals surface area (Å²) in [7, 11) is 0. The lowest BCUT2D eigenvalue weighted by Gasteiger charge is -1.99. The van der Waals surface area contributed by atoms with Crippen LogP contribution >= 0.6 is 50.5 Å². The molecule has 0 atom stereocenters. The van der Waals surface area contributed by atoms with Gasteiger partial charge in [-0.1, -0.05) is 23.2 Å². The van der Waals surface area contributed by atoms with Gasteiger partial charge in [0, 0.05) is 10.0 Å². The first-order valence-electron chi connectivity index (χ1n) is 4.43. The van der Waals surface area contributed by atoms with Crippen molar-refractivity contribution >= 4 is 56.3 Å². The Morgan fingerprint density at radius 2 is 2.00 bits per heavy atom. The lowest BCUT2D eigenvalue weighted by Crippen LogP contribution is -1.99. The smallest absolute Gasteiger partial charge is 0.203 e. The molecular formula is C11H4BrCl2FOS. The van der Waals surface area contributed by atoms with Crippen LogP contribution in [0.2, 0.25) is 9.36 Å². The Balaban J connectivity index is 2.40. The van der Waals surface area contributed by atoms with Crippen LogP contribution in [0.4, 0.5) is 4.39 Å². The Kier molecular flexibility index (Phi) is 3.88. The van der Waals surface area contributed by atoms with Crippen molar-refractivity contribution < 1.29 is 9.18 Å². The van der Waals surface area contributed by atoms with Gasteiger partial charge in [0.15, 0.2) is 0 Å². The number of ketones is 1. The molecule has 0 aliphatic rings. The molecule has 0 fully saturated rings. The molecule has 2 rings (SSSR count). The number of carbonyl (C=O) groups excluding carboxylic acids is 1. The second-order valence-electron chi connectivity index (χ2n) is 3.19. The van der Waals surface area contributed by atoms with Crippen LogP contribution in [0.3, 0.4) is 0 Å². The normalized spacial score (nSPS) is 10.6. The fourth-order valence-electron chi connectivity index (χ4n) is 1.24. The van der Waals surface area contributed by atoms with E-state index in [4.69, 9.17) is 23.2 Å². The van der Waals surface area contributed by atoms with E-state index in [0.29, 0.717) is 13.7 Å². The van der Waals surface area contributed by atoms with Gasteiger partial charge >= 0.3 is 0 Å². The van der Waals surface area contributed by atoms with Gasteiger partial charge in [0.2, 0.25) is 5.78 Å². The molecular weight excluding hydrogens is 350 g/mol. The van der Waals surface area contributed by atoms with Crippen LogP contribution in [0, 0.1) is 5.82 Å². The van der Waals surface area contributed by atoms with Crippen LogP contribution in [0.25, 0.3) is 0 Å². The van der Waals surface area contributed by atoms with Crippen molar-refractivity contribution in [2.75, 3.05) is 0 Å². The van der Waals surface area contributed by atoms with E-state index in [-0.39, 0.29) is 16.4 Å². The maximum atomic E-state index is 13.2. The van der Waals surface area contributed by atoms with Crippen molar-refractivity contribution in [2.45, 2.75) is 0 Å². The summed E-state index contributed by atoms with van der Waals surface area (Å²) in [5.41, 5.74) is 0.248. The highest BCUT2D eigenvalue weighted by Crippen LogP contribution is 2.33. The van der Waals surface area contributed by atoms with E-state index in [1.54, 1.807) is 6.07 Å². The van der Waals surface area contributed by atoms with Crippen molar-refractivity contribution in [3.05, 3.63) is 54.4 Å². The maximum Gasteiger partial charge on any atom is 0.203 e. The van der Waals surface area contributed by atoms with Crippen molar-refractivity contribution in [1.29, 1.82) is 0 Å². The summed E-state index contributed by atoms with van der Waals surface area (Å²) in [4.78, 5) is 12.4. The maximum absolute atomic E-state index is 13.2. The number of halogens is 4. The van der Waals surface area contributed by atoms with Crippen LogP contribution in [0.5, 0.6) is 0 Å². The van der Waals surface area contributed by atoms with E-state index < -0.39 is 5.82 Å². The minimum Gasteiger partial charge on any atom is -0.288 e. The largest absolute Gasteiger partial charge is 0.288 e. The molecule has 1 aromatic heterocycles. The third-order valence-corrected chi connectivity index (χ3v) is 4.83. The predicted molar refractivity (Wildman–Crippen MR) is 71.9 cm³/mol. The van der Waals surface area contributed by atoms with Gasteiger partial charge in [-0.2, -0.15) is 0 Å². The summed E-state index contributed by atoms with van der Waals surface area (Å²) in [6, 6.07) is 5.57. The summed E-state index contributed by atoms with van der Waals surface area (Å²) < 4.78 is 14.4. The first kappa shape index (κ1) is 13.0. The lowest BCUT2D eigenvalue weighted by molar-refractivity contribution is 0.104. The van der Waals surface area contributed by atoms with Crippen LogP contribution in [0.1, 0.15) is 15.2 Å². The first-order chi connectivity index (χ1) is 7.99. The van der Waals surface area contributed by atoms with Crippen LogP contribution < -0.4 is 0 Å². The molecule has 17 heavy (non-hydrogen) atoms. The molecule has 0 radical (unpaired) electrons. The molecule has 1 aromatic carbocycles. The molecule has 0 saturated carbocycles. The number of rotatable bonds is 2. The molecule has 0 aliphatic heterocycles. The van der Waals surface area contributed by atoms with Crippen molar-refractivity contribution in [3.63, 3.8) is 0 Å². The van der Waals surface area contributed by atoms with E-state index in [2.05, 4.69) is 15.9 Å². The van der Waals surface area contributed by atoms with Gasteiger partial charge in [-0.15, -0.1) is 11.3 Å². The SMILES string of the molecule is O=C(c1ccc(Cl)c(F)c1)c1cc(Br)c(Cl)s1. The zero-order valence-corrected chi connectivity index (χ0v) is 12.1. The lowest BCUT2D eigenvalue weighted by atomic mass is 10.1. The van der Waals surface area contributed by atoms with E-state index in [0.717, 1.165) is 17.4 Å². The Labute approximate surface area is 119 Å². The number of hydrogen-bond acceptors (Lipinski definition) is 2. The molecule has 1 heterocycles. The summed E-state index contributed by atoms with van der Waals surface area (Å²) in [5, 5.41) is -0.00746. The summed E-state index contributed by atoms with van der Waals surface area (Å²) in [6.07, 6.45) is 0. The van der Waals surface area contributed by atoms with Gasteiger partial charge in [0.25, 0.3) is 0 Å². The monoisotopic (exact) mass is 352 g/mol. The molecule has 0 N–H and O–H groups in total. The predicted octanol–water partition coefficient (Wildman–Crippen LogP) is 5.19. The second kappa shape index (κ2) is 5.06. The van der Waals surface area contributed by atoms with Crippen molar-refractivity contribution in [1.82, 2.24) is 0 Å². The highest BCUT2D eigenvalue weighted by Gasteiger charge is 2.15. The Bertz CT molecular complexity index is 578. The highest BCUT2D eigenvalue weighted by molar-refractivity contribution is 9.10. The first-order valence-corrected chi connectivity index (χ1v) is 6.80. The summed E-state index contributed by atoms with van der Waals surface area (Å²) >= 11 is 15.7. The van der Waals surface area contributed by atoms with E-state index in [9.17, 15) is 9.18 Å². The molecule has 0 saturated heterocycles. The van der Waals surface area contributed by atoms with Gasteiger partial charge in [0.05, 0.1) is 9.90 Å². The zero-order chi connectivity index (χ0) is 12.6. The Hall–Kier alpha value is -0.420. The van der Waals surface area contributed by atoms with Gasteiger partial charge in [0.1, 0.15) is 10.2 Å². The number of benzene rings is 1. The van der Waals surface area contributed by atoms with E-state index in [1.165, 1.54) is 12.1 Å². The van der Waals surface area contributed by atoms with Gasteiger partial charge in [-0.05, 0) is 40.2 Å². The molecule has 6 heteroatoms. The summed E-state index contributed by atoms with van der Waals surface area (Å²) in [5.74, 6) is -0.891. The van der Waals surface area contributed by atoms with E-state index >= 15 is 0 Å². The topological polar surface area (TPSA) is 17.1 Å².